The molecule has 1 aromatic rings. The Labute approximate surface area is 104 Å². The SMILES string of the molecule is CC1CCN(Cc2ccccn2)C(C)(C)CN1. The number of nitrogens with zero attached hydrogens (tertiary/aromatic N) is 2. The monoisotopic (exact) mass is 233 g/mol. The lowest BCUT2D eigenvalue weighted by Crippen LogP contribution is -2.48. The van der Waals surface area contributed by atoms with Gasteiger partial charge in [0.1, 0.15) is 0 Å². The molecule has 0 bridgehead atoms. The topological polar surface area (TPSA) is 28.2 Å². The van der Waals surface area contributed by atoms with Crippen LogP contribution in [-0.2, 0) is 6.54 Å². The van der Waals surface area contributed by atoms with Gasteiger partial charge in [-0.1, -0.05) is 6.07 Å². The van der Waals surface area contributed by atoms with Crippen molar-refractivity contribution in [1.29, 1.82) is 0 Å². The van der Waals surface area contributed by atoms with Gasteiger partial charge in [0.2, 0.25) is 0 Å². The molecule has 0 saturated carbocycles. The van der Waals surface area contributed by atoms with Crippen LogP contribution in [0.1, 0.15) is 32.9 Å². The fraction of sp³-hybridized carbons (Fsp3) is 0.643. The number of rotatable bonds is 2. The van der Waals surface area contributed by atoms with E-state index in [4.69, 9.17) is 0 Å². The number of hydrogen-bond acceptors (Lipinski definition) is 3. The molecule has 1 aromatic heterocycles. The Bertz CT molecular complexity index is 348. The maximum Gasteiger partial charge on any atom is 0.0544 e. The number of aromatic nitrogens is 1. The second kappa shape index (κ2) is 5.15. The number of pyridine rings is 1. The maximum absolute atomic E-state index is 4.43. The van der Waals surface area contributed by atoms with Crippen LogP contribution in [0.5, 0.6) is 0 Å². The molecule has 3 heteroatoms. The molecule has 2 heterocycles. The Hall–Kier alpha value is -0.930. The van der Waals surface area contributed by atoms with Crippen LogP contribution in [0, 0.1) is 0 Å². The van der Waals surface area contributed by atoms with Gasteiger partial charge in [0, 0.05) is 37.4 Å². The van der Waals surface area contributed by atoms with Crippen LogP contribution in [0.4, 0.5) is 0 Å². The molecule has 1 N–H and O–H groups in total. The van der Waals surface area contributed by atoms with E-state index in [9.17, 15) is 0 Å². The molecule has 1 unspecified atom stereocenters. The van der Waals surface area contributed by atoms with Gasteiger partial charge in [-0.3, -0.25) is 9.88 Å². The van der Waals surface area contributed by atoms with Crippen molar-refractivity contribution in [1.82, 2.24) is 15.2 Å². The summed E-state index contributed by atoms with van der Waals surface area (Å²) < 4.78 is 0. The zero-order valence-electron chi connectivity index (χ0n) is 11.1. The van der Waals surface area contributed by atoms with Gasteiger partial charge in [-0.15, -0.1) is 0 Å². The van der Waals surface area contributed by atoms with Gasteiger partial charge < -0.3 is 5.32 Å². The van der Waals surface area contributed by atoms with Gasteiger partial charge in [0.05, 0.1) is 5.69 Å². The van der Waals surface area contributed by atoms with E-state index in [0.717, 1.165) is 25.3 Å². The van der Waals surface area contributed by atoms with E-state index >= 15 is 0 Å². The fourth-order valence-corrected chi connectivity index (χ4v) is 2.27. The number of hydrogen-bond donors (Lipinski definition) is 1. The van der Waals surface area contributed by atoms with Crippen LogP contribution in [0.2, 0.25) is 0 Å². The average molecular weight is 233 g/mol. The molecule has 0 spiro atoms. The highest BCUT2D eigenvalue weighted by atomic mass is 15.2. The Morgan fingerprint density at radius 2 is 2.29 bits per heavy atom. The summed E-state index contributed by atoms with van der Waals surface area (Å²) in [7, 11) is 0. The Morgan fingerprint density at radius 1 is 1.47 bits per heavy atom. The standard InChI is InChI=1S/C14H23N3/c1-12-7-9-17(14(2,3)11-16-12)10-13-6-4-5-8-15-13/h4-6,8,12,16H,7,9-11H2,1-3H3. The molecule has 0 aliphatic carbocycles. The van der Waals surface area contributed by atoms with E-state index < -0.39 is 0 Å². The summed E-state index contributed by atoms with van der Waals surface area (Å²) in [5.74, 6) is 0. The van der Waals surface area contributed by atoms with Crippen molar-refractivity contribution in [3.63, 3.8) is 0 Å². The Morgan fingerprint density at radius 3 is 3.00 bits per heavy atom. The maximum atomic E-state index is 4.43. The Kier molecular flexibility index (Phi) is 3.79. The minimum atomic E-state index is 0.197. The first kappa shape index (κ1) is 12.5. The summed E-state index contributed by atoms with van der Waals surface area (Å²) in [5, 5.41) is 3.59. The normalized spacial score (nSPS) is 25.5. The van der Waals surface area contributed by atoms with Gasteiger partial charge in [-0.2, -0.15) is 0 Å². The summed E-state index contributed by atoms with van der Waals surface area (Å²) in [6, 6.07) is 6.76. The van der Waals surface area contributed by atoms with Crippen LogP contribution in [0.3, 0.4) is 0 Å². The van der Waals surface area contributed by atoms with Crippen molar-refractivity contribution in [2.24, 2.45) is 0 Å². The van der Waals surface area contributed by atoms with Gasteiger partial charge >= 0.3 is 0 Å². The summed E-state index contributed by atoms with van der Waals surface area (Å²) >= 11 is 0. The molecule has 1 fully saturated rings. The lowest BCUT2D eigenvalue weighted by molar-refractivity contribution is 0.123. The number of nitrogens with one attached hydrogen (secondary N) is 1. The van der Waals surface area contributed by atoms with Crippen LogP contribution in [-0.4, -0.2) is 34.6 Å². The molecule has 1 atom stereocenters. The minimum Gasteiger partial charge on any atom is -0.312 e. The molecular weight excluding hydrogens is 210 g/mol. The van der Waals surface area contributed by atoms with E-state index in [0.29, 0.717) is 6.04 Å². The molecule has 1 aliphatic rings. The lowest BCUT2D eigenvalue weighted by atomic mass is 10.0. The van der Waals surface area contributed by atoms with E-state index in [1.807, 2.05) is 12.3 Å². The van der Waals surface area contributed by atoms with Crippen molar-refractivity contribution < 1.29 is 0 Å². The van der Waals surface area contributed by atoms with Crippen LogP contribution in [0.25, 0.3) is 0 Å². The zero-order chi connectivity index (χ0) is 12.3. The minimum absolute atomic E-state index is 0.197. The van der Waals surface area contributed by atoms with Crippen LogP contribution in [0.15, 0.2) is 24.4 Å². The van der Waals surface area contributed by atoms with Gasteiger partial charge in [0.25, 0.3) is 0 Å². The molecule has 94 valence electrons. The van der Waals surface area contributed by atoms with Gasteiger partial charge in [0.15, 0.2) is 0 Å². The first-order chi connectivity index (χ1) is 8.08. The van der Waals surface area contributed by atoms with Crippen molar-refractivity contribution in [2.45, 2.75) is 45.3 Å². The molecule has 1 aliphatic heterocycles. The molecule has 0 amide bonds. The van der Waals surface area contributed by atoms with Crippen LogP contribution >= 0.6 is 0 Å². The van der Waals surface area contributed by atoms with Crippen molar-refractivity contribution in [3.05, 3.63) is 30.1 Å². The molecule has 0 radical (unpaired) electrons. The van der Waals surface area contributed by atoms with Gasteiger partial charge in [-0.25, -0.2) is 0 Å². The Balaban J connectivity index is 2.07. The van der Waals surface area contributed by atoms with Crippen LogP contribution < -0.4 is 5.32 Å². The predicted molar refractivity (Wildman–Crippen MR) is 70.8 cm³/mol. The highest BCUT2D eigenvalue weighted by molar-refractivity contribution is 5.04. The summed E-state index contributed by atoms with van der Waals surface area (Å²) in [4.78, 5) is 6.96. The largest absolute Gasteiger partial charge is 0.312 e. The molecule has 17 heavy (non-hydrogen) atoms. The molecular formula is C14H23N3. The second-order valence-electron chi connectivity index (χ2n) is 5.63. The highest BCUT2D eigenvalue weighted by Gasteiger charge is 2.29. The molecule has 2 rings (SSSR count). The van der Waals surface area contributed by atoms with E-state index in [-0.39, 0.29) is 5.54 Å². The first-order valence-electron chi connectivity index (χ1n) is 6.46. The first-order valence-corrected chi connectivity index (χ1v) is 6.46. The summed E-state index contributed by atoms with van der Waals surface area (Å²) in [6.45, 7) is 10.0. The predicted octanol–water partition coefficient (Wildman–Crippen LogP) is 2.04. The fourth-order valence-electron chi connectivity index (χ4n) is 2.27. The van der Waals surface area contributed by atoms with E-state index in [2.05, 4.69) is 48.1 Å². The third kappa shape index (κ3) is 3.27. The quantitative estimate of drug-likeness (QED) is 0.847. The van der Waals surface area contributed by atoms with E-state index in [1.54, 1.807) is 0 Å². The van der Waals surface area contributed by atoms with Gasteiger partial charge in [-0.05, 0) is 39.3 Å². The molecule has 1 saturated heterocycles. The van der Waals surface area contributed by atoms with Crippen molar-refractivity contribution >= 4 is 0 Å². The average Bonchev–Trinajstić information content (AvgIpc) is 2.44. The summed E-state index contributed by atoms with van der Waals surface area (Å²) in [6.07, 6.45) is 3.08. The molecule has 3 nitrogen and oxygen atoms in total. The van der Waals surface area contributed by atoms with Crippen molar-refractivity contribution in [3.8, 4) is 0 Å². The molecule has 0 aromatic carbocycles. The third-order valence-corrected chi connectivity index (χ3v) is 3.65. The third-order valence-electron chi connectivity index (χ3n) is 3.65. The summed E-state index contributed by atoms with van der Waals surface area (Å²) in [5.41, 5.74) is 1.36. The zero-order valence-corrected chi connectivity index (χ0v) is 11.1. The highest BCUT2D eigenvalue weighted by Crippen LogP contribution is 2.20. The van der Waals surface area contributed by atoms with Crippen molar-refractivity contribution in [2.75, 3.05) is 13.1 Å². The lowest BCUT2D eigenvalue weighted by Gasteiger charge is -2.36. The van der Waals surface area contributed by atoms with E-state index in [1.165, 1.54) is 6.42 Å². The smallest absolute Gasteiger partial charge is 0.0544 e. The second-order valence-corrected chi connectivity index (χ2v) is 5.63.